The summed E-state index contributed by atoms with van der Waals surface area (Å²) in [6, 6.07) is 35.9. The molecule has 5 aromatic rings. The van der Waals surface area contributed by atoms with Gasteiger partial charge in [0.15, 0.2) is 0 Å². The molecule has 3 aliphatic carbocycles. The first kappa shape index (κ1) is 29.3. The van der Waals surface area contributed by atoms with E-state index >= 15 is 0 Å². The van der Waals surface area contributed by atoms with Crippen molar-refractivity contribution in [3.8, 4) is 16.8 Å². The maximum Gasteiger partial charge on any atom is 0.130 e. The van der Waals surface area contributed by atoms with Gasteiger partial charge in [-0.05, 0) is 108 Å². The number of benzene rings is 4. The summed E-state index contributed by atoms with van der Waals surface area (Å²) in [5.41, 5.74) is 13.5. The molecule has 0 saturated heterocycles. The van der Waals surface area contributed by atoms with Crippen LogP contribution in [0.1, 0.15) is 49.1 Å². The first-order valence-electron chi connectivity index (χ1n) is 18.0. The third kappa shape index (κ3) is 4.26. The number of anilines is 1. The number of aromatic nitrogens is 1. The fraction of sp³-hybridized carbons (Fsp3) is 0.170. The largest absolute Gasteiger partial charge is 0.318 e. The molecular formula is C47H39N3. The van der Waals surface area contributed by atoms with Gasteiger partial charge in [0, 0.05) is 27.9 Å². The van der Waals surface area contributed by atoms with Crippen LogP contribution in [0, 0.1) is 0 Å². The highest BCUT2D eigenvalue weighted by molar-refractivity contribution is 6.16. The number of aryl methyl sites for hydroxylation is 1. The lowest BCUT2D eigenvalue weighted by Crippen LogP contribution is -2.46. The number of amidine groups is 1. The quantitative estimate of drug-likeness (QED) is 0.191. The minimum Gasteiger partial charge on any atom is -0.318 e. The van der Waals surface area contributed by atoms with Crippen LogP contribution in [0.3, 0.4) is 0 Å². The van der Waals surface area contributed by atoms with Crippen LogP contribution in [0.4, 0.5) is 5.69 Å². The molecule has 3 nitrogen and oxygen atoms in total. The molecule has 0 saturated carbocycles. The van der Waals surface area contributed by atoms with Gasteiger partial charge >= 0.3 is 0 Å². The number of nitrogens with zero attached hydrogens (tertiary/aromatic N) is 3. The van der Waals surface area contributed by atoms with E-state index in [4.69, 9.17) is 4.99 Å². The van der Waals surface area contributed by atoms with Crippen LogP contribution in [-0.4, -0.2) is 22.0 Å². The van der Waals surface area contributed by atoms with E-state index in [0.29, 0.717) is 0 Å². The Morgan fingerprint density at radius 2 is 1.60 bits per heavy atom. The Morgan fingerprint density at radius 1 is 0.780 bits per heavy atom. The zero-order valence-electron chi connectivity index (χ0n) is 28.6. The molecule has 0 fully saturated rings. The van der Waals surface area contributed by atoms with Gasteiger partial charge in [0.25, 0.3) is 0 Å². The van der Waals surface area contributed by atoms with E-state index in [9.17, 15) is 0 Å². The van der Waals surface area contributed by atoms with Gasteiger partial charge in [-0.25, -0.2) is 0 Å². The second-order valence-corrected chi connectivity index (χ2v) is 14.7. The predicted octanol–water partition coefficient (Wildman–Crippen LogP) is 11.0. The minimum atomic E-state index is -0.378. The minimum absolute atomic E-state index is 0.120. The highest BCUT2D eigenvalue weighted by atomic mass is 15.3. The van der Waals surface area contributed by atoms with Crippen molar-refractivity contribution in [1.82, 2.24) is 4.57 Å². The summed E-state index contributed by atoms with van der Waals surface area (Å²) in [4.78, 5) is 8.20. The standard InChI is InChI=1S/C47H39N3/c1-46-27-13-12-22-44(46)50(43-29-33(24-26-40(43)46)32-15-5-3-6-16-32)45-31-38(39-20-11-14-28-47(39,2)48-45)34-23-25-37-36-19-9-10-21-41(36)49(42(37)30-34)35-17-7-4-8-18-35/h3-8,10-18,20-27,29-31,44H,9,19,28H2,1-2H3. The topological polar surface area (TPSA) is 20.5 Å². The molecule has 10 rings (SSSR count). The molecular weight excluding hydrogens is 607 g/mol. The van der Waals surface area contributed by atoms with Crippen LogP contribution >= 0.6 is 0 Å². The predicted molar refractivity (Wildman–Crippen MR) is 210 cm³/mol. The van der Waals surface area contributed by atoms with E-state index in [2.05, 4.69) is 181 Å². The monoisotopic (exact) mass is 645 g/mol. The fourth-order valence-electron chi connectivity index (χ4n) is 9.09. The van der Waals surface area contributed by atoms with E-state index in [-0.39, 0.29) is 17.0 Å². The first-order chi connectivity index (χ1) is 24.5. The molecule has 0 N–H and O–H groups in total. The van der Waals surface area contributed by atoms with E-state index < -0.39 is 0 Å². The molecule has 3 heteroatoms. The van der Waals surface area contributed by atoms with Crippen molar-refractivity contribution >= 4 is 34.1 Å². The molecule has 50 heavy (non-hydrogen) atoms. The molecule has 242 valence electrons. The highest BCUT2D eigenvalue weighted by Crippen LogP contribution is 2.52. The number of allylic oxidation sites excluding steroid dienone is 5. The maximum absolute atomic E-state index is 5.67. The zero-order chi connectivity index (χ0) is 33.5. The number of aliphatic imine (C=N–C) groups is 1. The molecule has 0 bridgehead atoms. The van der Waals surface area contributed by atoms with E-state index in [1.165, 1.54) is 66.9 Å². The molecule has 3 heterocycles. The van der Waals surface area contributed by atoms with Crippen LogP contribution in [0.15, 0.2) is 162 Å². The average Bonchev–Trinajstić information content (AvgIpc) is 3.63. The lowest BCUT2D eigenvalue weighted by molar-refractivity contribution is 0.543. The number of hydrogen-bond donors (Lipinski definition) is 0. The number of fused-ring (bicyclic) bond motifs is 7. The SMILES string of the molecule is CC12CC=CC=C1C(c1ccc3c4c(n(-c5ccccc5)c3c1)C=CCC4)=CC(N1c3cc(-c4ccccc4)ccc3C3(C)C=CC=CC13)=N2. The van der Waals surface area contributed by atoms with Crippen molar-refractivity contribution in [3.63, 3.8) is 0 Å². The number of dihydropyridines is 1. The highest BCUT2D eigenvalue weighted by Gasteiger charge is 2.48. The molecule has 0 amide bonds. The number of para-hydroxylation sites is 1. The van der Waals surface area contributed by atoms with Gasteiger partial charge in [-0.1, -0.05) is 121 Å². The number of hydrogen-bond acceptors (Lipinski definition) is 2. The molecule has 2 aliphatic heterocycles. The lowest BCUT2D eigenvalue weighted by Gasteiger charge is -2.40. The van der Waals surface area contributed by atoms with E-state index in [1.807, 2.05) is 0 Å². The third-order valence-electron chi connectivity index (χ3n) is 11.6. The Hall–Kier alpha value is -5.67. The Labute approximate surface area is 294 Å². The van der Waals surface area contributed by atoms with Crippen LogP contribution in [0.25, 0.3) is 39.4 Å². The van der Waals surface area contributed by atoms with Crippen LogP contribution < -0.4 is 4.90 Å². The molecule has 0 radical (unpaired) electrons. The van der Waals surface area contributed by atoms with Crippen molar-refractivity contribution < 1.29 is 0 Å². The summed E-state index contributed by atoms with van der Waals surface area (Å²) in [7, 11) is 0. The van der Waals surface area contributed by atoms with Crippen molar-refractivity contribution in [2.45, 2.75) is 50.1 Å². The molecule has 5 aliphatic rings. The van der Waals surface area contributed by atoms with Gasteiger partial charge in [-0.3, -0.25) is 4.99 Å². The van der Waals surface area contributed by atoms with Gasteiger partial charge in [0.2, 0.25) is 0 Å². The Kier molecular flexibility index (Phi) is 6.39. The molecule has 3 atom stereocenters. The molecule has 1 aromatic heterocycles. The van der Waals surface area contributed by atoms with Crippen molar-refractivity contribution in [2.24, 2.45) is 4.99 Å². The normalized spacial score (nSPS) is 24.3. The fourth-order valence-corrected chi connectivity index (χ4v) is 9.09. The van der Waals surface area contributed by atoms with Gasteiger partial charge in [0.1, 0.15) is 5.84 Å². The Balaban J connectivity index is 1.18. The maximum atomic E-state index is 5.67. The first-order valence-corrected chi connectivity index (χ1v) is 18.0. The van der Waals surface area contributed by atoms with Gasteiger partial charge in [-0.2, -0.15) is 0 Å². The van der Waals surface area contributed by atoms with E-state index in [0.717, 1.165) is 25.1 Å². The second kappa shape index (κ2) is 10.9. The summed E-state index contributed by atoms with van der Waals surface area (Å²) in [5, 5.41) is 1.35. The van der Waals surface area contributed by atoms with E-state index in [1.54, 1.807) is 0 Å². The third-order valence-corrected chi connectivity index (χ3v) is 11.6. The van der Waals surface area contributed by atoms with Crippen LogP contribution in [-0.2, 0) is 11.8 Å². The van der Waals surface area contributed by atoms with Crippen LogP contribution in [0.2, 0.25) is 0 Å². The smallest absolute Gasteiger partial charge is 0.130 e. The Morgan fingerprint density at radius 3 is 2.46 bits per heavy atom. The summed E-state index contributed by atoms with van der Waals surface area (Å²) >= 11 is 0. The summed E-state index contributed by atoms with van der Waals surface area (Å²) in [6.45, 7) is 4.70. The van der Waals surface area contributed by atoms with Gasteiger partial charge in [0.05, 0.1) is 17.1 Å². The van der Waals surface area contributed by atoms with Crippen molar-refractivity contribution in [2.75, 3.05) is 4.90 Å². The Bertz CT molecular complexity index is 2430. The molecule has 4 aromatic carbocycles. The second-order valence-electron chi connectivity index (χ2n) is 14.7. The summed E-state index contributed by atoms with van der Waals surface area (Å²) < 4.78 is 2.46. The van der Waals surface area contributed by atoms with Gasteiger partial charge < -0.3 is 9.47 Å². The zero-order valence-corrected chi connectivity index (χ0v) is 28.6. The molecule has 3 unspecified atom stereocenters. The van der Waals surface area contributed by atoms with Crippen LogP contribution in [0.5, 0.6) is 0 Å². The lowest BCUT2D eigenvalue weighted by atomic mass is 9.75. The van der Waals surface area contributed by atoms with Crippen molar-refractivity contribution in [3.05, 3.63) is 180 Å². The van der Waals surface area contributed by atoms with Gasteiger partial charge in [-0.15, -0.1) is 0 Å². The summed E-state index contributed by atoms with van der Waals surface area (Å²) in [5.74, 6) is 1.02. The molecule has 0 spiro atoms. The van der Waals surface area contributed by atoms with Crippen molar-refractivity contribution in [1.29, 1.82) is 0 Å². The average molecular weight is 646 g/mol. The number of rotatable bonds is 3. The summed E-state index contributed by atoms with van der Waals surface area (Å²) in [6.07, 6.45) is 26.0.